The van der Waals surface area contributed by atoms with Crippen LogP contribution in [0.5, 0.6) is 0 Å². The van der Waals surface area contributed by atoms with Gasteiger partial charge in [-0.25, -0.2) is 17.6 Å². The fraction of sp³-hybridized carbons (Fsp3) is 0.0833. The largest absolute Gasteiger partial charge is 0.321 e. The van der Waals surface area contributed by atoms with Gasteiger partial charge in [-0.05, 0) is 59.2 Å². The Labute approximate surface area is 271 Å². The van der Waals surface area contributed by atoms with Crippen molar-refractivity contribution in [2.75, 3.05) is 10.6 Å². The van der Waals surface area contributed by atoms with Crippen molar-refractivity contribution in [3.63, 3.8) is 0 Å². The molecule has 0 aliphatic heterocycles. The summed E-state index contributed by atoms with van der Waals surface area (Å²) in [6, 6.07) is 28.2. The lowest BCUT2D eigenvalue weighted by Gasteiger charge is -2.17. The second-order valence-electron chi connectivity index (χ2n) is 10.3. The molecular weight excluding hydrogens is 630 g/mol. The van der Waals surface area contributed by atoms with E-state index in [1.165, 1.54) is 0 Å². The Bertz CT molecular complexity index is 1970. The van der Waals surface area contributed by atoms with Crippen molar-refractivity contribution in [2.45, 2.75) is 23.5 Å². The van der Waals surface area contributed by atoms with Crippen LogP contribution in [0.3, 0.4) is 0 Å². The molecule has 11 heteroatoms. The number of carbonyl (C=O) groups is 3. The topological polar surface area (TPSA) is 87.3 Å². The van der Waals surface area contributed by atoms with Crippen molar-refractivity contribution in [2.24, 2.45) is 0 Å². The number of hydrogen-bond donors (Lipinski definition) is 3. The molecule has 0 aliphatic carbocycles. The Morgan fingerprint density at radius 2 is 1.43 bits per heavy atom. The lowest BCUT2D eigenvalue weighted by molar-refractivity contribution is -0.116. The third-order valence-corrected chi connectivity index (χ3v) is 8.40. The molecule has 0 aromatic heterocycles. The first kappa shape index (κ1) is 33.0. The summed E-state index contributed by atoms with van der Waals surface area (Å²) >= 11 is 1.02. The number of amides is 3. The molecule has 5 rings (SSSR count). The number of benzene rings is 5. The van der Waals surface area contributed by atoms with E-state index in [4.69, 9.17) is 0 Å². The molecular formula is C36H27F4N3O3S. The highest BCUT2D eigenvalue weighted by Gasteiger charge is 2.25. The van der Waals surface area contributed by atoms with Gasteiger partial charge in [0.2, 0.25) is 5.91 Å². The summed E-state index contributed by atoms with van der Waals surface area (Å²) in [4.78, 5) is 40.1. The molecule has 0 radical (unpaired) electrons. The quantitative estimate of drug-likeness (QED) is 0.0610. The molecule has 0 bridgehead atoms. The third kappa shape index (κ3) is 7.87. The number of halogens is 4. The number of hydrogen-bond acceptors (Lipinski definition) is 4. The lowest BCUT2D eigenvalue weighted by Crippen LogP contribution is -2.30. The van der Waals surface area contributed by atoms with Crippen LogP contribution in [-0.4, -0.2) is 23.0 Å². The molecule has 47 heavy (non-hydrogen) atoms. The second kappa shape index (κ2) is 14.8. The minimum Gasteiger partial charge on any atom is -0.321 e. The van der Waals surface area contributed by atoms with Gasteiger partial charge in [0.1, 0.15) is 11.4 Å². The zero-order valence-corrected chi connectivity index (χ0v) is 25.6. The minimum absolute atomic E-state index is 0.0227. The number of carbonyl (C=O) groups excluding carboxylic acids is 3. The van der Waals surface area contributed by atoms with Gasteiger partial charge in [-0.15, -0.1) is 11.8 Å². The molecule has 0 saturated heterocycles. The van der Waals surface area contributed by atoms with Gasteiger partial charge in [-0.3, -0.25) is 14.4 Å². The van der Waals surface area contributed by atoms with Crippen molar-refractivity contribution < 1.29 is 31.9 Å². The summed E-state index contributed by atoms with van der Waals surface area (Å²) in [7, 11) is 0. The van der Waals surface area contributed by atoms with Crippen LogP contribution in [0.15, 0.2) is 114 Å². The fourth-order valence-electron chi connectivity index (χ4n) is 4.69. The van der Waals surface area contributed by atoms with Gasteiger partial charge in [0, 0.05) is 22.2 Å². The molecule has 0 spiro atoms. The Kier molecular flexibility index (Phi) is 10.4. The molecule has 0 heterocycles. The number of fused-ring (bicyclic) bond motifs is 1. The van der Waals surface area contributed by atoms with Crippen molar-refractivity contribution in [1.82, 2.24) is 5.32 Å². The van der Waals surface area contributed by atoms with Crippen LogP contribution in [0.4, 0.5) is 28.9 Å². The van der Waals surface area contributed by atoms with E-state index in [1.54, 1.807) is 67.6 Å². The maximum Gasteiger partial charge on any atom is 0.272 e. The predicted octanol–water partition coefficient (Wildman–Crippen LogP) is 8.32. The van der Waals surface area contributed by atoms with Crippen LogP contribution in [0.1, 0.15) is 29.3 Å². The van der Waals surface area contributed by atoms with Gasteiger partial charge in [0.15, 0.2) is 23.3 Å². The molecule has 1 unspecified atom stereocenters. The number of thioether (sulfide) groups is 1. The van der Waals surface area contributed by atoms with Gasteiger partial charge in [-0.1, -0.05) is 73.7 Å². The van der Waals surface area contributed by atoms with Gasteiger partial charge < -0.3 is 16.0 Å². The van der Waals surface area contributed by atoms with E-state index < -0.39 is 51.9 Å². The maximum atomic E-state index is 14.2. The smallest absolute Gasteiger partial charge is 0.272 e. The normalized spacial score (nSPS) is 12.0. The summed E-state index contributed by atoms with van der Waals surface area (Å²) in [6.45, 7) is 1.65. The summed E-state index contributed by atoms with van der Waals surface area (Å²) in [5.74, 6) is -8.69. The highest BCUT2D eigenvalue weighted by atomic mass is 32.2. The standard InChI is InChI=1S/C36H27F4N3O3S/c1-2-30(36(46)43-33-31(39)27(37)20-28(38)32(33)40)47-25-16-9-15-24(19-25)41-35(45)29(42-34(44)22-11-4-3-5-12-22)18-23-14-8-13-21-10-6-7-17-26(21)23/h3-20,30H,2H2,1H3,(H,41,45)(H,42,44)(H,43,46)/b29-18+. The van der Waals surface area contributed by atoms with E-state index >= 15 is 0 Å². The molecule has 5 aromatic carbocycles. The van der Waals surface area contributed by atoms with E-state index in [1.807, 2.05) is 47.8 Å². The average molecular weight is 658 g/mol. The van der Waals surface area contributed by atoms with E-state index in [-0.39, 0.29) is 18.2 Å². The Balaban J connectivity index is 1.37. The molecule has 238 valence electrons. The summed E-state index contributed by atoms with van der Waals surface area (Å²) in [5, 5.41) is 8.35. The van der Waals surface area contributed by atoms with Crippen LogP contribution in [0.25, 0.3) is 16.8 Å². The SMILES string of the molecule is CCC(Sc1cccc(NC(=O)/C(=C\c2cccc3ccccc23)NC(=O)c2ccccc2)c1)C(=O)Nc1c(F)c(F)cc(F)c1F. The molecule has 0 fully saturated rings. The fourth-order valence-corrected chi connectivity index (χ4v) is 5.71. The average Bonchev–Trinajstić information content (AvgIpc) is 3.08. The predicted molar refractivity (Wildman–Crippen MR) is 176 cm³/mol. The first-order chi connectivity index (χ1) is 22.6. The molecule has 6 nitrogen and oxygen atoms in total. The molecule has 0 aliphatic rings. The van der Waals surface area contributed by atoms with Gasteiger partial charge >= 0.3 is 0 Å². The van der Waals surface area contributed by atoms with Crippen LogP contribution >= 0.6 is 11.8 Å². The first-order valence-corrected chi connectivity index (χ1v) is 15.3. The highest BCUT2D eigenvalue weighted by molar-refractivity contribution is 8.00. The van der Waals surface area contributed by atoms with Gasteiger partial charge in [0.05, 0.1) is 5.25 Å². The summed E-state index contributed by atoms with van der Waals surface area (Å²) in [5.41, 5.74) is 0.152. The molecule has 3 N–H and O–H groups in total. The Morgan fingerprint density at radius 3 is 2.15 bits per heavy atom. The van der Waals surface area contributed by atoms with Crippen molar-refractivity contribution >= 4 is 57.7 Å². The molecule has 3 amide bonds. The van der Waals surface area contributed by atoms with Crippen molar-refractivity contribution in [3.8, 4) is 0 Å². The van der Waals surface area contributed by atoms with E-state index in [0.29, 0.717) is 21.7 Å². The number of rotatable bonds is 10. The van der Waals surface area contributed by atoms with Crippen LogP contribution in [-0.2, 0) is 9.59 Å². The summed E-state index contributed by atoms with van der Waals surface area (Å²) < 4.78 is 55.6. The Morgan fingerprint density at radius 1 is 0.766 bits per heavy atom. The second-order valence-corrected chi connectivity index (χ2v) is 11.6. The van der Waals surface area contributed by atoms with Crippen molar-refractivity contribution in [1.29, 1.82) is 0 Å². The van der Waals surface area contributed by atoms with E-state index in [2.05, 4.69) is 10.6 Å². The zero-order valence-electron chi connectivity index (χ0n) is 24.8. The number of anilines is 2. The minimum atomic E-state index is -1.71. The van der Waals surface area contributed by atoms with Crippen LogP contribution < -0.4 is 16.0 Å². The third-order valence-electron chi connectivity index (χ3n) is 7.05. The highest BCUT2D eigenvalue weighted by Crippen LogP contribution is 2.31. The van der Waals surface area contributed by atoms with Gasteiger partial charge in [-0.2, -0.15) is 0 Å². The van der Waals surface area contributed by atoms with Crippen LogP contribution in [0.2, 0.25) is 0 Å². The molecule has 0 saturated carbocycles. The van der Waals surface area contributed by atoms with E-state index in [9.17, 15) is 31.9 Å². The first-order valence-electron chi connectivity index (χ1n) is 14.4. The Hall–Kier alpha value is -5.42. The van der Waals surface area contributed by atoms with Gasteiger partial charge in [0.25, 0.3) is 11.8 Å². The monoisotopic (exact) mass is 657 g/mol. The van der Waals surface area contributed by atoms with Crippen molar-refractivity contribution in [3.05, 3.63) is 143 Å². The maximum absolute atomic E-state index is 14.2. The zero-order chi connectivity index (χ0) is 33.5. The molecule has 5 aromatic rings. The lowest BCUT2D eigenvalue weighted by atomic mass is 10.0. The van der Waals surface area contributed by atoms with Crippen LogP contribution in [0, 0.1) is 23.3 Å². The summed E-state index contributed by atoms with van der Waals surface area (Å²) in [6.07, 6.45) is 1.78. The van der Waals surface area contributed by atoms with E-state index in [0.717, 1.165) is 22.5 Å². The molecule has 1 atom stereocenters. The number of nitrogens with one attached hydrogen (secondary N) is 3.